The van der Waals surface area contributed by atoms with Gasteiger partial charge >= 0.3 is 6.18 Å². The number of hydrogen-bond donors (Lipinski definition) is 1. The lowest BCUT2D eigenvalue weighted by molar-refractivity contribution is -0.137. The molecule has 2 nitrogen and oxygen atoms in total. The second kappa shape index (κ2) is 6.77. The summed E-state index contributed by atoms with van der Waals surface area (Å²) in [6, 6.07) is 5.85. The summed E-state index contributed by atoms with van der Waals surface area (Å²) >= 11 is 7.32. The molecule has 0 saturated carbocycles. The predicted molar refractivity (Wildman–Crippen MR) is 78.7 cm³/mol. The Hall–Kier alpha value is -1.11. The molecule has 7 heteroatoms. The molecule has 0 aromatic carbocycles. The number of aromatic nitrogens is 1. The average Bonchev–Trinajstić information content (AvgIpc) is 2.85. The fourth-order valence-electron chi connectivity index (χ4n) is 1.87. The number of pyridine rings is 1. The van der Waals surface area contributed by atoms with Crippen molar-refractivity contribution in [3.05, 3.63) is 50.9 Å². The van der Waals surface area contributed by atoms with Gasteiger partial charge in [0.15, 0.2) is 0 Å². The number of halogens is 4. The summed E-state index contributed by atoms with van der Waals surface area (Å²) < 4.78 is 38.4. The first-order valence-electron chi connectivity index (χ1n) is 6.43. The van der Waals surface area contributed by atoms with E-state index in [4.69, 9.17) is 11.6 Å². The lowest BCUT2D eigenvalue weighted by atomic mass is 10.1. The van der Waals surface area contributed by atoms with E-state index in [-0.39, 0.29) is 6.04 Å². The van der Waals surface area contributed by atoms with E-state index in [2.05, 4.69) is 10.3 Å². The maximum Gasteiger partial charge on any atom is 0.417 e. The summed E-state index contributed by atoms with van der Waals surface area (Å²) in [6.45, 7) is 2.76. The van der Waals surface area contributed by atoms with Gasteiger partial charge in [-0.25, -0.2) is 0 Å². The molecule has 0 spiro atoms. The second-order valence-corrected chi connectivity index (χ2v) is 6.25. The van der Waals surface area contributed by atoms with Crippen molar-refractivity contribution in [2.45, 2.75) is 25.6 Å². The smallest absolute Gasteiger partial charge is 0.304 e. The molecular weight excluding hydrogens is 321 g/mol. The molecule has 0 fully saturated rings. The molecule has 0 amide bonds. The van der Waals surface area contributed by atoms with Crippen LogP contribution in [-0.4, -0.2) is 11.5 Å². The Morgan fingerprint density at radius 1 is 1.29 bits per heavy atom. The third kappa shape index (κ3) is 4.18. The molecule has 0 saturated heterocycles. The molecule has 0 aliphatic rings. The number of rotatable bonds is 5. The van der Waals surface area contributed by atoms with Gasteiger partial charge < -0.3 is 5.32 Å². The highest BCUT2D eigenvalue weighted by atomic mass is 35.5. The zero-order valence-electron chi connectivity index (χ0n) is 11.2. The summed E-state index contributed by atoms with van der Waals surface area (Å²) in [5, 5.41) is 3.28. The number of nitrogens with one attached hydrogen (secondary N) is 1. The third-order valence-corrected chi connectivity index (χ3v) is 4.18. The van der Waals surface area contributed by atoms with Crippen LogP contribution in [0.3, 0.4) is 0 Å². The molecule has 1 N–H and O–H groups in total. The van der Waals surface area contributed by atoms with Crippen LogP contribution in [0.1, 0.15) is 35.5 Å². The number of nitrogens with zero attached hydrogens (tertiary/aromatic N) is 1. The van der Waals surface area contributed by atoms with Crippen LogP contribution in [0.2, 0.25) is 4.34 Å². The fourth-order valence-corrected chi connectivity index (χ4v) is 3.02. The van der Waals surface area contributed by atoms with Crippen LogP contribution in [0.5, 0.6) is 0 Å². The lowest BCUT2D eigenvalue weighted by Crippen LogP contribution is -2.23. The molecule has 0 radical (unpaired) electrons. The Bertz CT molecular complexity index is 581. The molecule has 1 unspecified atom stereocenters. The van der Waals surface area contributed by atoms with Crippen LogP contribution in [-0.2, 0) is 6.18 Å². The van der Waals surface area contributed by atoms with Crippen LogP contribution >= 0.6 is 22.9 Å². The standard InChI is InChI=1S/C14H14ClF3N2S/c1-2-7-19-13(11-5-6-12(15)21-11)10-4-3-9(8-20-10)14(16,17)18/h3-6,8,13,19H,2,7H2,1H3. The first-order valence-corrected chi connectivity index (χ1v) is 7.63. The molecular formula is C14H14ClF3N2S. The largest absolute Gasteiger partial charge is 0.417 e. The summed E-state index contributed by atoms with van der Waals surface area (Å²) in [7, 11) is 0. The van der Waals surface area contributed by atoms with Gasteiger partial charge in [-0.2, -0.15) is 13.2 Å². The van der Waals surface area contributed by atoms with E-state index in [1.807, 2.05) is 13.0 Å². The van der Waals surface area contributed by atoms with Gasteiger partial charge in [-0.1, -0.05) is 18.5 Å². The van der Waals surface area contributed by atoms with Crippen LogP contribution in [0.4, 0.5) is 13.2 Å². The van der Waals surface area contributed by atoms with Gasteiger partial charge in [-0.15, -0.1) is 11.3 Å². The molecule has 2 aromatic heterocycles. The highest BCUT2D eigenvalue weighted by Gasteiger charge is 2.31. The Morgan fingerprint density at radius 2 is 2.05 bits per heavy atom. The topological polar surface area (TPSA) is 24.9 Å². The maximum absolute atomic E-state index is 12.6. The first-order chi connectivity index (χ1) is 9.91. The number of alkyl halides is 3. The van der Waals surface area contributed by atoms with Gasteiger partial charge in [0.05, 0.1) is 21.6 Å². The van der Waals surface area contributed by atoms with Crippen LogP contribution < -0.4 is 5.32 Å². The minimum absolute atomic E-state index is 0.246. The Labute approximate surface area is 130 Å². The quantitative estimate of drug-likeness (QED) is 0.840. The van der Waals surface area contributed by atoms with Crippen molar-refractivity contribution in [1.82, 2.24) is 10.3 Å². The van der Waals surface area contributed by atoms with Crippen LogP contribution in [0.25, 0.3) is 0 Å². The average molecular weight is 335 g/mol. The van der Waals surface area contributed by atoms with Crippen molar-refractivity contribution in [3.63, 3.8) is 0 Å². The van der Waals surface area contributed by atoms with E-state index < -0.39 is 11.7 Å². The molecule has 0 bridgehead atoms. The Kier molecular flexibility index (Phi) is 5.24. The SMILES string of the molecule is CCCNC(c1ccc(C(F)(F)F)cn1)c1ccc(Cl)s1. The van der Waals surface area contributed by atoms with Gasteiger partial charge in [0.25, 0.3) is 0 Å². The van der Waals surface area contributed by atoms with E-state index in [0.717, 1.165) is 30.1 Å². The predicted octanol–water partition coefficient (Wildman–Crippen LogP) is 4.90. The lowest BCUT2D eigenvalue weighted by Gasteiger charge is -2.17. The van der Waals surface area contributed by atoms with Crippen molar-refractivity contribution in [2.24, 2.45) is 0 Å². The summed E-state index contributed by atoms with van der Waals surface area (Å²) in [4.78, 5) is 4.90. The van der Waals surface area contributed by atoms with Gasteiger partial charge in [-0.05, 0) is 37.2 Å². The van der Waals surface area contributed by atoms with Gasteiger partial charge in [0.2, 0.25) is 0 Å². The zero-order valence-corrected chi connectivity index (χ0v) is 12.8. The minimum atomic E-state index is -4.37. The highest BCUT2D eigenvalue weighted by molar-refractivity contribution is 7.16. The molecule has 0 aliphatic heterocycles. The molecule has 2 rings (SSSR count). The second-order valence-electron chi connectivity index (χ2n) is 4.50. The van der Waals surface area contributed by atoms with E-state index in [1.165, 1.54) is 17.4 Å². The van der Waals surface area contributed by atoms with E-state index in [9.17, 15) is 13.2 Å². The van der Waals surface area contributed by atoms with E-state index in [1.54, 1.807) is 6.07 Å². The zero-order chi connectivity index (χ0) is 15.5. The van der Waals surface area contributed by atoms with Crippen molar-refractivity contribution in [2.75, 3.05) is 6.54 Å². The van der Waals surface area contributed by atoms with Crippen molar-refractivity contribution >= 4 is 22.9 Å². The molecule has 2 aromatic rings. The Balaban J connectivity index is 2.28. The van der Waals surface area contributed by atoms with Crippen LogP contribution in [0, 0.1) is 0 Å². The van der Waals surface area contributed by atoms with Gasteiger partial charge in [0.1, 0.15) is 0 Å². The number of hydrogen-bond acceptors (Lipinski definition) is 3. The first kappa shape index (κ1) is 16.3. The summed E-state index contributed by atoms with van der Waals surface area (Å²) in [6.07, 6.45) is -2.59. The fraction of sp³-hybridized carbons (Fsp3) is 0.357. The summed E-state index contributed by atoms with van der Waals surface area (Å²) in [5.41, 5.74) is -0.195. The summed E-state index contributed by atoms with van der Waals surface area (Å²) in [5.74, 6) is 0. The molecule has 1 atom stereocenters. The van der Waals surface area contributed by atoms with Crippen molar-refractivity contribution in [1.29, 1.82) is 0 Å². The monoisotopic (exact) mass is 334 g/mol. The molecule has 0 aliphatic carbocycles. The highest BCUT2D eigenvalue weighted by Crippen LogP contribution is 2.32. The van der Waals surface area contributed by atoms with Crippen molar-refractivity contribution < 1.29 is 13.2 Å². The van der Waals surface area contributed by atoms with Gasteiger partial charge in [-0.3, -0.25) is 4.98 Å². The van der Waals surface area contributed by atoms with E-state index >= 15 is 0 Å². The van der Waals surface area contributed by atoms with E-state index in [0.29, 0.717) is 10.0 Å². The van der Waals surface area contributed by atoms with Gasteiger partial charge in [0, 0.05) is 11.1 Å². The minimum Gasteiger partial charge on any atom is -0.304 e. The third-order valence-electron chi connectivity index (χ3n) is 2.89. The molecule has 114 valence electrons. The Morgan fingerprint density at radius 3 is 2.52 bits per heavy atom. The normalized spacial score (nSPS) is 13.4. The molecule has 21 heavy (non-hydrogen) atoms. The molecule has 2 heterocycles. The maximum atomic E-state index is 12.6. The van der Waals surface area contributed by atoms with Crippen molar-refractivity contribution in [3.8, 4) is 0 Å². The van der Waals surface area contributed by atoms with Crippen LogP contribution in [0.15, 0.2) is 30.5 Å². The number of thiophene rings is 1.